The van der Waals surface area contributed by atoms with Gasteiger partial charge >= 0.3 is 0 Å². The Morgan fingerprint density at radius 1 is 1.10 bits per heavy atom. The summed E-state index contributed by atoms with van der Waals surface area (Å²) in [4.78, 5) is 25.9. The van der Waals surface area contributed by atoms with Crippen molar-refractivity contribution in [2.24, 2.45) is 28.9 Å². The number of allylic oxidation sites excluding steroid dienone is 2. The van der Waals surface area contributed by atoms with E-state index < -0.39 is 5.41 Å². The Morgan fingerprint density at radius 3 is 2.45 bits per heavy atom. The number of nitrogens with two attached hydrogens (primary N) is 1. The third-order valence-electron chi connectivity index (χ3n) is 7.69. The molecule has 2 aromatic rings. The largest absolute Gasteiger partial charge is 0.369 e. The maximum atomic E-state index is 13.2. The monoisotopic (exact) mass is 498 g/mol. The molecule has 31 heavy (non-hydrogen) atoms. The van der Waals surface area contributed by atoms with Crippen LogP contribution in [0.25, 0.3) is 0 Å². The van der Waals surface area contributed by atoms with Gasteiger partial charge in [0.1, 0.15) is 0 Å². The number of halogens is 2. The zero-order valence-electron chi connectivity index (χ0n) is 17.0. The maximum absolute atomic E-state index is 13.2. The zero-order chi connectivity index (χ0) is 21.8. The number of carbonyl (C=O) groups excluding carboxylic acids is 2. The highest BCUT2D eigenvalue weighted by Gasteiger charge is 2.74. The molecular weight excluding hydrogens is 476 g/mol. The molecule has 0 heterocycles. The summed E-state index contributed by atoms with van der Waals surface area (Å²) < 4.78 is 0.959. The number of carbonyl (C=O) groups is 2. The van der Waals surface area contributed by atoms with Crippen LogP contribution < -0.4 is 11.1 Å². The molecule has 160 valence electrons. The van der Waals surface area contributed by atoms with Crippen molar-refractivity contribution in [2.45, 2.75) is 24.7 Å². The number of hydrogen-bond donors (Lipinski definition) is 2. The number of benzene rings is 2. The van der Waals surface area contributed by atoms with Gasteiger partial charge in [0.15, 0.2) is 0 Å². The van der Waals surface area contributed by atoms with E-state index in [-0.39, 0.29) is 41.4 Å². The Kier molecular flexibility index (Phi) is 5.02. The fraction of sp³-hybridized carbons (Fsp3) is 0.360. The topological polar surface area (TPSA) is 72.2 Å². The fourth-order valence-electron chi connectivity index (χ4n) is 6.25. The molecule has 0 radical (unpaired) electrons. The summed E-state index contributed by atoms with van der Waals surface area (Å²) in [5.74, 6) is -0.149. The minimum atomic E-state index is -0.811. The molecule has 2 fully saturated rings. The summed E-state index contributed by atoms with van der Waals surface area (Å²) in [5.41, 5.74) is 7.20. The number of amides is 2. The van der Waals surface area contributed by atoms with Gasteiger partial charge in [-0.05, 0) is 53.5 Å². The summed E-state index contributed by atoms with van der Waals surface area (Å²) in [5, 5.41) is 3.68. The van der Waals surface area contributed by atoms with Crippen molar-refractivity contribution in [1.29, 1.82) is 0 Å². The molecule has 0 unspecified atom stereocenters. The molecule has 4 nitrogen and oxygen atoms in total. The molecule has 2 aromatic carbocycles. The van der Waals surface area contributed by atoms with Crippen LogP contribution >= 0.6 is 27.5 Å². The van der Waals surface area contributed by atoms with Gasteiger partial charge in [-0.2, -0.15) is 0 Å². The number of nitrogens with one attached hydrogen (secondary N) is 1. The van der Waals surface area contributed by atoms with Crippen LogP contribution in [0, 0.1) is 23.2 Å². The molecule has 4 atom stereocenters. The summed E-state index contributed by atoms with van der Waals surface area (Å²) in [6.07, 6.45) is 6.87. The van der Waals surface area contributed by atoms with Gasteiger partial charge in [0, 0.05) is 27.9 Å². The van der Waals surface area contributed by atoms with Crippen LogP contribution in [0.1, 0.15) is 24.0 Å². The lowest BCUT2D eigenvalue weighted by Crippen LogP contribution is -2.53. The van der Waals surface area contributed by atoms with E-state index in [0.717, 1.165) is 28.4 Å². The van der Waals surface area contributed by atoms with Gasteiger partial charge in [0.2, 0.25) is 11.8 Å². The number of hydrogen-bond acceptors (Lipinski definition) is 2. The van der Waals surface area contributed by atoms with Crippen molar-refractivity contribution < 1.29 is 9.59 Å². The van der Waals surface area contributed by atoms with Gasteiger partial charge in [0.25, 0.3) is 0 Å². The van der Waals surface area contributed by atoms with Gasteiger partial charge in [-0.25, -0.2) is 0 Å². The van der Waals surface area contributed by atoms with E-state index in [1.54, 1.807) is 6.07 Å². The minimum absolute atomic E-state index is 0.0705. The Hall–Kier alpha value is -2.11. The van der Waals surface area contributed by atoms with E-state index in [9.17, 15) is 9.59 Å². The smallest absolute Gasteiger partial charge is 0.229 e. The van der Waals surface area contributed by atoms with Crippen molar-refractivity contribution in [3.05, 3.63) is 81.3 Å². The van der Waals surface area contributed by atoms with Gasteiger partial charge < -0.3 is 11.1 Å². The highest BCUT2D eigenvalue weighted by Crippen LogP contribution is 2.75. The lowest BCUT2D eigenvalue weighted by atomic mass is 9.63. The molecule has 3 aliphatic rings. The molecule has 3 aliphatic carbocycles. The second-order valence-electron chi connectivity index (χ2n) is 9.04. The fourth-order valence-corrected chi connectivity index (χ4v) is 6.72. The second kappa shape index (κ2) is 7.49. The third-order valence-corrected chi connectivity index (χ3v) is 8.59. The average Bonchev–Trinajstić information content (AvgIpc) is 3.41. The standard InChI is InChI=1S/C25H24BrClN2O2/c26-17-7-5-16(6-8-17)25(23(28)31)19(18-9-10-21(25)24(18)11-12-24)14-29-22(30)13-15-3-1-2-4-20(15)27/h1-10,18-19,21H,11-14H2,(H2,28,31)(H,29,30)/t18-,19-,21+,25+/m1/s1. The molecule has 6 heteroatoms. The molecule has 0 aromatic heterocycles. The summed E-state index contributed by atoms with van der Waals surface area (Å²) >= 11 is 9.71. The normalized spacial score (nSPS) is 29.3. The van der Waals surface area contributed by atoms with E-state index >= 15 is 0 Å². The van der Waals surface area contributed by atoms with Crippen molar-refractivity contribution in [3.8, 4) is 0 Å². The van der Waals surface area contributed by atoms with Gasteiger partial charge in [-0.3, -0.25) is 9.59 Å². The van der Waals surface area contributed by atoms with E-state index in [1.165, 1.54) is 0 Å². The van der Waals surface area contributed by atoms with E-state index in [2.05, 4.69) is 33.4 Å². The molecule has 0 aliphatic heterocycles. The van der Waals surface area contributed by atoms with Crippen LogP contribution in [0.3, 0.4) is 0 Å². The van der Waals surface area contributed by atoms with Crippen LogP contribution in [0.15, 0.2) is 65.2 Å². The van der Waals surface area contributed by atoms with Crippen LogP contribution in [0.2, 0.25) is 5.02 Å². The first-order chi connectivity index (χ1) is 14.9. The molecular formula is C25H24BrClN2O2. The number of primary amides is 1. The second-order valence-corrected chi connectivity index (χ2v) is 10.4. The van der Waals surface area contributed by atoms with Crippen LogP contribution in [-0.2, 0) is 21.4 Å². The third kappa shape index (κ3) is 3.08. The lowest BCUT2D eigenvalue weighted by molar-refractivity contribution is -0.127. The first kappa shape index (κ1) is 20.8. The highest BCUT2D eigenvalue weighted by atomic mass is 79.9. The van der Waals surface area contributed by atoms with Crippen molar-refractivity contribution >= 4 is 39.3 Å². The van der Waals surface area contributed by atoms with Crippen molar-refractivity contribution in [1.82, 2.24) is 5.32 Å². The Labute approximate surface area is 195 Å². The molecule has 2 bridgehead atoms. The molecule has 3 N–H and O–H groups in total. The molecule has 2 saturated carbocycles. The number of rotatable bonds is 6. The molecule has 0 saturated heterocycles. The summed E-state index contributed by atoms with van der Waals surface area (Å²) in [6.45, 7) is 0.412. The average molecular weight is 500 g/mol. The van der Waals surface area contributed by atoms with Crippen LogP contribution in [0.4, 0.5) is 0 Å². The van der Waals surface area contributed by atoms with Crippen LogP contribution in [-0.4, -0.2) is 18.4 Å². The molecule has 2 amide bonds. The Bertz CT molecular complexity index is 1080. The Morgan fingerprint density at radius 2 is 1.81 bits per heavy atom. The first-order valence-corrected chi connectivity index (χ1v) is 11.8. The van der Waals surface area contributed by atoms with Crippen molar-refractivity contribution in [2.75, 3.05) is 6.54 Å². The zero-order valence-corrected chi connectivity index (χ0v) is 19.3. The molecule has 5 rings (SSSR count). The lowest BCUT2D eigenvalue weighted by Gasteiger charge is -2.40. The highest BCUT2D eigenvalue weighted by molar-refractivity contribution is 9.10. The SMILES string of the molecule is NC(=O)[C@@]1(c2ccc(Br)cc2)[C@H](CNC(=O)Cc2ccccc2Cl)[C@H]2C=C[C@H]1C21CC1. The maximum Gasteiger partial charge on any atom is 0.229 e. The minimum Gasteiger partial charge on any atom is -0.369 e. The van der Waals surface area contributed by atoms with E-state index in [4.69, 9.17) is 17.3 Å². The predicted octanol–water partition coefficient (Wildman–Crippen LogP) is 4.40. The Balaban J connectivity index is 1.45. The van der Waals surface area contributed by atoms with E-state index in [1.807, 2.05) is 42.5 Å². The van der Waals surface area contributed by atoms with Gasteiger partial charge in [-0.1, -0.05) is 70.0 Å². The van der Waals surface area contributed by atoms with E-state index in [0.29, 0.717) is 11.6 Å². The van der Waals surface area contributed by atoms with Gasteiger partial charge in [-0.15, -0.1) is 0 Å². The predicted molar refractivity (Wildman–Crippen MR) is 124 cm³/mol. The summed E-state index contributed by atoms with van der Waals surface area (Å²) in [7, 11) is 0. The molecule has 1 spiro atoms. The van der Waals surface area contributed by atoms with Gasteiger partial charge in [0.05, 0.1) is 11.8 Å². The van der Waals surface area contributed by atoms with Crippen molar-refractivity contribution in [3.63, 3.8) is 0 Å². The van der Waals surface area contributed by atoms with Crippen LogP contribution in [0.5, 0.6) is 0 Å². The first-order valence-electron chi connectivity index (χ1n) is 10.6. The summed E-state index contributed by atoms with van der Waals surface area (Å²) in [6, 6.07) is 15.3. The quantitative estimate of drug-likeness (QED) is 0.578.